The Balaban J connectivity index is 1.78. The van der Waals surface area contributed by atoms with Crippen LogP contribution in [0.15, 0.2) is 24.3 Å². The SMILES string of the molecule is CCCc1ccc(CCCC(=O)N2CCNC(=O)[C@@H]2C)cc1. The molecule has 4 heteroatoms. The van der Waals surface area contributed by atoms with Crippen LogP contribution in [0.5, 0.6) is 0 Å². The van der Waals surface area contributed by atoms with Crippen molar-refractivity contribution in [2.75, 3.05) is 13.1 Å². The lowest BCUT2D eigenvalue weighted by atomic mass is 10.0. The van der Waals surface area contributed by atoms with Crippen molar-refractivity contribution in [2.45, 2.75) is 52.0 Å². The van der Waals surface area contributed by atoms with Crippen molar-refractivity contribution < 1.29 is 9.59 Å². The summed E-state index contributed by atoms with van der Waals surface area (Å²) < 4.78 is 0. The standard InChI is InChI=1S/C18H26N2O2/c1-3-5-15-8-10-16(11-9-15)6-4-7-17(21)20-13-12-19-18(22)14(20)2/h8-11,14H,3-7,12-13H2,1-2H3,(H,19,22)/t14-/m0/s1. The number of aryl methyl sites for hydroxylation is 2. The van der Waals surface area contributed by atoms with E-state index in [2.05, 4.69) is 36.5 Å². The Labute approximate surface area is 132 Å². The van der Waals surface area contributed by atoms with E-state index in [1.165, 1.54) is 11.1 Å². The Hall–Kier alpha value is -1.84. The zero-order valence-electron chi connectivity index (χ0n) is 13.6. The van der Waals surface area contributed by atoms with Crippen molar-refractivity contribution in [3.05, 3.63) is 35.4 Å². The summed E-state index contributed by atoms with van der Waals surface area (Å²) in [5, 5.41) is 2.78. The summed E-state index contributed by atoms with van der Waals surface area (Å²) in [7, 11) is 0. The van der Waals surface area contributed by atoms with Gasteiger partial charge in [0, 0.05) is 19.5 Å². The molecule has 0 aliphatic carbocycles. The molecule has 1 aromatic carbocycles. The highest BCUT2D eigenvalue weighted by molar-refractivity contribution is 5.88. The number of benzene rings is 1. The lowest BCUT2D eigenvalue weighted by Gasteiger charge is -2.32. The fourth-order valence-electron chi connectivity index (χ4n) is 2.87. The van der Waals surface area contributed by atoms with E-state index >= 15 is 0 Å². The fourth-order valence-corrected chi connectivity index (χ4v) is 2.87. The highest BCUT2D eigenvalue weighted by Gasteiger charge is 2.28. The molecule has 22 heavy (non-hydrogen) atoms. The van der Waals surface area contributed by atoms with Gasteiger partial charge in [0.05, 0.1) is 0 Å². The minimum Gasteiger partial charge on any atom is -0.353 e. The zero-order chi connectivity index (χ0) is 15.9. The van der Waals surface area contributed by atoms with Crippen molar-refractivity contribution in [3.8, 4) is 0 Å². The molecule has 0 saturated carbocycles. The van der Waals surface area contributed by atoms with Crippen molar-refractivity contribution in [1.82, 2.24) is 10.2 Å². The van der Waals surface area contributed by atoms with Crippen LogP contribution in [0, 0.1) is 0 Å². The molecule has 1 saturated heterocycles. The second-order valence-electron chi connectivity index (χ2n) is 5.97. The van der Waals surface area contributed by atoms with Gasteiger partial charge in [-0.3, -0.25) is 9.59 Å². The summed E-state index contributed by atoms with van der Waals surface area (Å²) in [5.41, 5.74) is 2.65. The fraction of sp³-hybridized carbons (Fsp3) is 0.556. The van der Waals surface area contributed by atoms with Gasteiger partial charge >= 0.3 is 0 Å². The molecular weight excluding hydrogens is 276 g/mol. The van der Waals surface area contributed by atoms with Gasteiger partial charge in [-0.05, 0) is 37.3 Å². The predicted molar refractivity (Wildman–Crippen MR) is 87.6 cm³/mol. The molecular formula is C18H26N2O2. The quantitative estimate of drug-likeness (QED) is 0.876. The molecule has 1 aliphatic heterocycles. The van der Waals surface area contributed by atoms with Gasteiger partial charge in [-0.1, -0.05) is 37.6 Å². The summed E-state index contributed by atoms with van der Waals surface area (Å²) in [4.78, 5) is 25.5. The summed E-state index contributed by atoms with van der Waals surface area (Å²) in [6, 6.07) is 8.34. The number of hydrogen-bond donors (Lipinski definition) is 1. The first kappa shape index (κ1) is 16.5. The van der Waals surface area contributed by atoms with Gasteiger partial charge in [-0.25, -0.2) is 0 Å². The van der Waals surface area contributed by atoms with E-state index in [1.807, 2.05) is 0 Å². The third-order valence-electron chi connectivity index (χ3n) is 4.24. The lowest BCUT2D eigenvalue weighted by molar-refractivity contribution is -0.142. The maximum absolute atomic E-state index is 12.2. The van der Waals surface area contributed by atoms with Crippen LogP contribution in [0.25, 0.3) is 0 Å². The highest BCUT2D eigenvalue weighted by atomic mass is 16.2. The number of amides is 2. The number of nitrogens with one attached hydrogen (secondary N) is 1. The molecule has 1 aromatic rings. The van der Waals surface area contributed by atoms with Gasteiger partial charge in [0.15, 0.2) is 0 Å². The number of hydrogen-bond acceptors (Lipinski definition) is 2. The van der Waals surface area contributed by atoms with Gasteiger partial charge in [-0.15, -0.1) is 0 Å². The van der Waals surface area contributed by atoms with Crippen molar-refractivity contribution >= 4 is 11.8 Å². The van der Waals surface area contributed by atoms with E-state index in [4.69, 9.17) is 0 Å². The first-order valence-corrected chi connectivity index (χ1v) is 8.26. The van der Waals surface area contributed by atoms with E-state index in [0.29, 0.717) is 19.5 Å². The van der Waals surface area contributed by atoms with Gasteiger partial charge in [0.1, 0.15) is 6.04 Å². The summed E-state index contributed by atoms with van der Waals surface area (Å²) in [6.07, 6.45) is 4.53. The molecule has 1 N–H and O–H groups in total. The molecule has 0 radical (unpaired) electrons. The van der Waals surface area contributed by atoms with Gasteiger partial charge in [0.25, 0.3) is 0 Å². The van der Waals surface area contributed by atoms with Crippen molar-refractivity contribution in [2.24, 2.45) is 0 Å². The van der Waals surface area contributed by atoms with Gasteiger partial charge < -0.3 is 10.2 Å². The summed E-state index contributed by atoms with van der Waals surface area (Å²) in [5.74, 6) is 0.0380. The maximum Gasteiger partial charge on any atom is 0.242 e. The molecule has 0 unspecified atom stereocenters. The first-order chi connectivity index (χ1) is 10.6. The summed E-state index contributed by atoms with van der Waals surface area (Å²) >= 11 is 0. The molecule has 2 rings (SSSR count). The molecule has 1 fully saturated rings. The van der Waals surface area contributed by atoms with E-state index in [-0.39, 0.29) is 17.9 Å². The number of carbonyl (C=O) groups excluding carboxylic acids is 2. The predicted octanol–water partition coefficient (Wildman–Crippen LogP) is 2.31. The molecule has 0 bridgehead atoms. The zero-order valence-corrected chi connectivity index (χ0v) is 13.6. The number of rotatable bonds is 6. The average Bonchev–Trinajstić information content (AvgIpc) is 2.52. The van der Waals surface area contributed by atoms with Crippen LogP contribution in [-0.4, -0.2) is 35.8 Å². The number of carbonyl (C=O) groups is 2. The van der Waals surface area contributed by atoms with E-state index in [0.717, 1.165) is 25.7 Å². The minimum atomic E-state index is -0.338. The van der Waals surface area contributed by atoms with Crippen LogP contribution in [-0.2, 0) is 22.4 Å². The maximum atomic E-state index is 12.2. The monoisotopic (exact) mass is 302 g/mol. The molecule has 0 aromatic heterocycles. The van der Waals surface area contributed by atoms with Crippen LogP contribution in [0.1, 0.15) is 44.2 Å². The Morgan fingerprint density at radius 2 is 1.86 bits per heavy atom. The Morgan fingerprint density at radius 3 is 2.50 bits per heavy atom. The van der Waals surface area contributed by atoms with Crippen LogP contribution in [0.3, 0.4) is 0 Å². The summed E-state index contributed by atoms with van der Waals surface area (Å²) in [6.45, 7) is 5.16. The third kappa shape index (κ3) is 4.33. The molecule has 1 heterocycles. The third-order valence-corrected chi connectivity index (χ3v) is 4.24. The van der Waals surface area contributed by atoms with Crippen molar-refractivity contribution in [3.63, 3.8) is 0 Å². The molecule has 1 aliphatic rings. The van der Waals surface area contributed by atoms with E-state index in [1.54, 1.807) is 11.8 Å². The molecule has 1 atom stereocenters. The molecule has 120 valence electrons. The average molecular weight is 302 g/mol. The topological polar surface area (TPSA) is 49.4 Å². The van der Waals surface area contributed by atoms with E-state index < -0.39 is 0 Å². The minimum absolute atomic E-state index is 0.0499. The second-order valence-corrected chi connectivity index (χ2v) is 5.97. The van der Waals surface area contributed by atoms with Crippen LogP contribution in [0.2, 0.25) is 0 Å². The highest BCUT2D eigenvalue weighted by Crippen LogP contribution is 2.12. The Morgan fingerprint density at radius 1 is 1.23 bits per heavy atom. The number of piperazine rings is 1. The Kier molecular flexibility index (Phi) is 5.99. The molecule has 4 nitrogen and oxygen atoms in total. The Bertz CT molecular complexity index is 510. The molecule has 0 spiro atoms. The smallest absolute Gasteiger partial charge is 0.242 e. The normalized spacial score (nSPS) is 18.2. The van der Waals surface area contributed by atoms with E-state index in [9.17, 15) is 9.59 Å². The molecule has 2 amide bonds. The van der Waals surface area contributed by atoms with Crippen LogP contribution >= 0.6 is 0 Å². The van der Waals surface area contributed by atoms with Gasteiger partial charge in [-0.2, -0.15) is 0 Å². The van der Waals surface area contributed by atoms with Gasteiger partial charge in [0.2, 0.25) is 11.8 Å². The van der Waals surface area contributed by atoms with Crippen LogP contribution in [0.4, 0.5) is 0 Å². The lowest BCUT2D eigenvalue weighted by Crippen LogP contribution is -2.55. The number of nitrogens with zero attached hydrogens (tertiary/aromatic N) is 1. The first-order valence-electron chi connectivity index (χ1n) is 8.26. The van der Waals surface area contributed by atoms with Crippen molar-refractivity contribution in [1.29, 1.82) is 0 Å². The largest absolute Gasteiger partial charge is 0.353 e. The van der Waals surface area contributed by atoms with Crippen LogP contribution < -0.4 is 5.32 Å². The second kappa shape index (κ2) is 7.97.